The Kier molecular flexibility index (Phi) is 7.51. The van der Waals surface area contributed by atoms with Crippen LogP contribution in [0.3, 0.4) is 0 Å². The molecule has 0 saturated carbocycles. The number of nitrogens with zero attached hydrogens (tertiary/aromatic N) is 8. The summed E-state index contributed by atoms with van der Waals surface area (Å²) in [5.74, 6) is 1.56. The Morgan fingerprint density at radius 2 is 0.857 bits per heavy atom. The molecule has 0 N–H and O–H groups in total. The largest absolute Gasteiger partial charge is 0.744 e. The summed E-state index contributed by atoms with van der Waals surface area (Å²) in [6.45, 7) is 0. The van der Waals surface area contributed by atoms with Crippen molar-refractivity contribution in [2.75, 3.05) is 0 Å². The van der Waals surface area contributed by atoms with Gasteiger partial charge in [0.05, 0.1) is 21.8 Å². The van der Waals surface area contributed by atoms with Crippen LogP contribution in [0.15, 0.2) is 135 Å². The van der Waals surface area contributed by atoms with Crippen LogP contribution in [0.25, 0.3) is 0 Å². The van der Waals surface area contributed by atoms with Gasteiger partial charge in [-0.15, -0.1) is 0 Å². The van der Waals surface area contributed by atoms with Crippen molar-refractivity contribution in [2.24, 2.45) is 39.9 Å². The fourth-order valence-electron chi connectivity index (χ4n) is 5.92. The molecule has 1 radical (unpaired) electrons. The normalized spacial score (nSPS) is 16.4. The third kappa shape index (κ3) is 5.08. The van der Waals surface area contributed by atoms with Gasteiger partial charge in [0.25, 0.3) is 0 Å². The molecule has 0 unspecified atom stereocenters. The van der Waals surface area contributed by atoms with E-state index in [1.165, 1.54) is 12.1 Å². The van der Waals surface area contributed by atoms with Gasteiger partial charge >= 0.3 is 0 Å². The first-order valence-corrected chi connectivity index (χ1v) is 16.3. The van der Waals surface area contributed by atoms with Gasteiger partial charge in [0.1, 0.15) is 10.1 Å². The molecule has 9 rings (SSSR count). The second kappa shape index (κ2) is 11.8. The molecule has 49 heavy (non-hydrogen) atoms. The van der Waals surface area contributed by atoms with Gasteiger partial charge in [-0.25, -0.2) is 48.4 Å². The molecule has 8 bridgehead atoms. The van der Waals surface area contributed by atoms with Gasteiger partial charge < -0.3 is 9.81 Å². The molecule has 0 aromatic heterocycles. The van der Waals surface area contributed by atoms with E-state index in [4.69, 9.17) is 34.9 Å². The molecule has 0 spiro atoms. The molecule has 243 valence electrons. The van der Waals surface area contributed by atoms with E-state index in [2.05, 4.69) is 14.4 Å². The monoisotopic (exact) mass is 733 g/mol. The summed E-state index contributed by atoms with van der Waals surface area (Å²) in [6, 6.07) is 24.1. The molecule has 0 atom stereocenters. The maximum atomic E-state index is 12.5. The average molecular weight is 734 g/mol. The van der Waals surface area contributed by atoms with E-state index in [9.17, 15) is 18.2 Å². The summed E-state index contributed by atoms with van der Waals surface area (Å²) in [4.78, 5) is 38.0. The summed E-state index contributed by atoms with van der Waals surface area (Å²) < 4.78 is 42.1. The predicted molar refractivity (Wildman–Crippen MR) is 174 cm³/mol. The third-order valence-corrected chi connectivity index (χ3v) is 9.44. The summed E-state index contributed by atoms with van der Waals surface area (Å²) in [6.07, 6.45) is 0. The zero-order chi connectivity index (χ0) is 32.6. The fraction of sp³-hybridized carbons (Fsp3) is 0. The van der Waals surface area contributed by atoms with Crippen LogP contribution in [0.2, 0.25) is 0 Å². The Morgan fingerprint density at radius 3 is 1.33 bits per heavy atom. The van der Waals surface area contributed by atoms with E-state index in [0.29, 0.717) is 67.8 Å². The standard InChI is InChI=1S/C32H16N8O6S2.Cu/c41-45-46-47-21-13-5-11-19-23(21)31-37-27-17-9-3-1-7-15(17)25(34-27)33-26-16-8-2-4-10-18(16)28(35-26)38-32-24-20(30(40-32)36-29(19)39-31)12-6-14-22(24)48(42,43)44;/h1-14,41H,(H,42,43,44);/p-2. The number of benzene rings is 4. The minimum Gasteiger partial charge on any atom is -0.744 e. The molecule has 14 nitrogen and oxygen atoms in total. The van der Waals surface area contributed by atoms with E-state index in [-0.39, 0.29) is 57.4 Å². The first-order chi connectivity index (χ1) is 23.4. The molecule has 0 amide bonds. The van der Waals surface area contributed by atoms with Gasteiger partial charge in [0.15, 0.2) is 46.7 Å². The Balaban J connectivity index is 0.00000348. The van der Waals surface area contributed by atoms with Gasteiger partial charge in [-0.1, -0.05) is 72.8 Å². The van der Waals surface area contributed by atoms with Crippen LogP contribution in [0.1, 0.15) is 44.5 Å². The quantitative estimate of drug-likeness (QED) is 0.101. The minimum atomic E-state index is -4.96. The van der Waals surface area contributed by atoms with Crippen molar-refractivity contribution >= 4 is 68.8 Å². The van der Waals surface area contributed by atoms with Crippen LogP contribution in [-0.4, -0.2) is 59.7 Å². The molecule has 0 aliphatic carbocycles. The first-order valence-electron chi connectivity index (χ1n) is 14.1. The molecule has 0 saturated heterocycles. The van der Waals surface area contributed by atoms with Crippen LogP contribution in [0.4, 0.5) is 0 Å². The van der Waals surface area contributed by atoms with E-state index in [0.717, 1.165) is 0 Å². The van der Waals surface area contributed by atoms with Crippen molar-refractivity contribution in [3.63, 3.8) is 0 Å². The topological polar surface area (TPSA) is 198 Å². The van der Waals surface area contributed by atoms with E-state index >= 15 is 0 Å². The van der Waals surface area contributed by atoms with Crippen molar-refractivity contribution in [2.45, 2.75) is 9.79 Å². The van der Waals surface area contributed by atoms with Gasteiger partial charge in [-0.2, -0.15) is 4.33 Å². The zero-order valence-electron chi connectivity index (χ0n) is 24.2. The predicted octanol–water partition coefficient (Wildman–Crippen LogP) is 2.96. The second-order valence-corrected chi connectivity index (χ2v) is 12.7. The number of rotatable bonds is 4. The van der Waals surface area contributed by atoms with Gasteiger partial charge in [-0.05, 0) is 12.1 Å². The van der Waals surface area contributed by atoms with E-state index < -0.39 is 15.0 Å². The summed E-state index contributed by atoms with van der Waals surface area (Å²) in [5, 5.41) is 14.4. The number of amidine groups is 8. The molecule has 5 aliphatic heterocycles. The Morgan fingerprint density at radius 1 is 0.490 bits per heavy atom. The molecule has 5 aliphatic rings. The SMILES string of the molecule is O=S(=O)([O-])c1cccc2c1C1=NC2=NC2=NC(=NC3=NC(=NC4=NC(=N1)c1ccccc14)c1ccccc13)c1c(SOO[O-])cccc12.[Cu]. The maximum absolute atomic E-state index is 12.5. The van der Waals surface area contributed by atoms with Crippen molar-refractivity contribution in [3.05, 3.63) is 129 Å². The first kappa shape index (κ1) is 31.2. The third-order valence-electron chi connectivity index (χ3n) is 7.91. The number of hydrogen-bond donors (Lipinski definition) is 0. The summed E-state index contributed by atoms with van der Waals surface area (Å²) in [7, 11) is -4.96. The van der Waals surface area contributed by atoms with Crippen LogP contribution >= 0.6 is 12.0 Å². The smallest absolute Gasteiger partial charge is 0.166 e. The van der Waals surface area contributed by atoms with Crippen LogP contribution in [0, 0.1) is 0 Å². The van der Waals surface area contributed by atoms with Crippen molar-refractivity contribution < 1.29 is 44.7 Å². The van der Waals surface area contributed by atoms with E-state index in [1.54, 1.807) is 24.3 Å². The molecule has 17 heteroatoms. The van der Waals surface area contributed by atoms with Gasteiger partial charge in [0.2, 0.25) is 0 Å². The van der Waals surface area contributed by atoms with Crippen molar-refractivity contribution in [1.82, 2.24) is 0 Å². The molecular weight excluding hydrogens is 720 g/mol. The van der Waals surface area contributed by atoms with E-state index in [1.807, 2.05) is 48.5 Å². The Hall–Kier alpha value is -5.10. The summed E-state index contributed by atoms with van der Waals surface area (Å²) in [5.41, 5.74) is 3.94. The number of aliphatic imine (C=N–C) groups is 8. The van der Waals surface area contributed by atoms with Crippen LogP contribution in [0.5, 0.6) is 0 Å². The fourth-order valence-corrected chi connectivity index (χ4v) is 7.14. The molecule has 4 aromatic carbocycles. The van der Waals surface area contributed by atoms with Crippen LogP contribution < -0.4 is 5.26 Å². The Labute approximate surface area is 291 Å². The maximum Gasteiger partial charge on any atom is 0.166 e. The van der Waals surface area contributed by atoms with Gasteiger partial charge in [-0.3, -0.25) is 5.04 Å². The minimum absolute atomic E-state index is 0. The number of fused-ring (bicyclic) bond motifs is 16. The molecule has 5 heterocycles. The molecule has 0 fully saturated rings. The molecular formula is C32H14CuN8O6S2-2. The Bertz CT molecular complexity index is 2540. The number of hydrogen-bond acceptors (Lipinski definition) is 15. The van der Waals surface area contributed by atoms with Crippen molar-refractivity contribution in [1.29, 1.82) is 0 Å². The van der Waals surface area contributed by atoms with Crippen molar-refractivity contribution in [3.8, 4) is 0 Å². The van der Waals surface area contributed by atoms with Crippen LogP contribution in [-0.2, 0) is 36.6 Å². The zero-order valence-corrected chi connectivity index (χ0v) is 26.8. The molecule has 4 aromatic rings. The second-order valence-electron chi connectivity index (χ2n) is 10.6. The average Bonchev–Trinajstić information content (AvgIpc) is 3.82. The van der Waals surface area contributed by atoms with Gasteiger partial charge in [0, 0.05) is 61.6 Å². The summed E-state index contributed by atoms with van der Waals surface area (Å²) >= 11 is 0.670.